The molecule has 3 heterocycles. The summed E-state index contributed by atoms with van der Waals surface area (Å²) in [5, 5.41) is 8.39. The van der Waals surface area contributed by atoms with Crippen LogP contribution in [0.15, 0.2) is 41.0 Å². The highest BCUT2D eigenvalue weighted by molar-refractivity contribution is 5.94. The number of aromatic amines is 1. The van der Waals surface area contributed by atoms with Crippen molar-refractivity contribution in [2.24, 2.45) is 0 Å². The minimum Gasteiger partial charge on any atom is -0.463 e. The molecule has 1 aliphatic rings. The molecule has 0 bridgehead atoms. The maximum absolute atomic E-state index is 5.72. The van der Waals surface area contributed by atoms with Gasteiger partial charge in [-0.05, 0) is 24.6 Å². The Labute approximate surface area is 115 Å². The molecule has 1 N–H and O–H groups in total. The zero-order valence-electron chi connectivity index (χ0n) is 10.8. The normalized spacial score (nSPS) is 16.8. The van der Waals surface area contributed by atoms with E-state index < -0.39 is 0 Å². The van der Waals surface area contributed by atoms with E-state index in [0.29, 0.717) is 0 Å². The van der Waals surface area contributed by atoms with Crippen LogP contribution in [0.3, 0.4) is 0 Å². The monoisotopic (exact) mass is 270 g/mol. The second-order valence-electron chi connectivity index (χ2n) is 4.75. The highest BCUT2D eigenvalue weighted by Gasteiger charge is 2.22. The first-order valence-electron chi connectivity index (χ1n) is 6.67. The summed E-state index contributed by atoms with van der Waals surface area (Å²) >= 11 is 0. The van der Waals surface area contributed by atoms with Gasteiger partial charge in [0.1, 0.15) is 5.69 Å². The summed E-state index contributed by atoms with van der Waals surface area (Å²) in [6.45, 7) is 1.43. The maximum Gasteiger partial charge on any atom is 0.184 e. The molecule has 0 amide bonds. The Kier molecular flexibility index (Phi) is 2.79. The molecule has 1 fully saturated rings. The van der Waals surface area contributed by atoms with Gasteiger partial charge in [-0.3, -0.25) is 5.10 Å². The smallest absolute Gasteiger partial charge is 0.184 e. The third kappa shape index (κ3) is 1.83. The summed E-state index contributed by atoms with van der Waals surface area (Å²) < 4.78 is 16.9. The van der Waals surface area contributed by atoms with Gasteiger partial charge in [-0.25, -0.2) is 0 Å². The second-order valence-corrected chi connectivity index (χ2v) is 4.75. The third-order valence-corrected chi connectivity index (χ3v) is 3.46. The number of nitrogens with zero attached hydrogens (tertiary/aromatic N) is 1. The molecule has 2 aromatic heterocycles. The molecule has 0 saturated carbocycles. The van der Waals surface area contributed by atoms with Crippen LogP contribution in [0.25, 0.3) is 22.4 Å². The molecular formula is C15H14N2O3. The first kappa shape index (κ1) is 11.7. The van der Waals surface area contributed by atoms with E-state index in [9.17, 15) is 0 Å². The Balaban J connectivity index is 1.89. The van der Waals surface area contributed by atoms with E-state index in [-0.39, 0.29) is 6.29 Å². The first-order valence-corrected chi connectivity index (χ1v) is 6.67. The average Bonchev–Trinajstić information content (AvgIpc) is 3.16. The van der Waals surface area contributed by atoms with Crippen LogP contribution in [0.4, 0.5) is 0 Å². The summed E-state index contributed by atoms with van der Waals surface area (Å²) in [5.41, 5.74) is 2.73. The molecule has 0 spiro atoms. The summed E-state index contributed by atoms with van der Waals surface area (Å²) in [6, 6.07) is 9.73. The SMILES string of the molecule is c1coc(-c2n[nH]c3cccc(C4OCCCO4)c23)c1. The van der Waals surface area contributed by atoms with Crippen LogP contribution in [0.5, 0.6) is 0 Å². The Hall–Kier alpha value is -2.11. The Morgan fingerprint density at radius 1 is 1.10 bits per heavy atom. The zero-order chi connectivity index (χ0) is 13.4. The number of hydrogen-bond donors (Lipinski definition) is 1. The lowest BCUT2D eigenvalue weighted by molar-refractivity contribution is -0.182. The van der Waals surface area contributed by atoms with Crippen LogP contribution in [0.1, 0.15) is 18.3 Å². The van der Waals surface area contributed by atoms with Crippen LogP contribution < -0.4 is 0 Å². The fourth-order valence-corrected chi connectivity index (χ4v) is 2.56. The van der Waals surface area contributed by atoms with Gasteiger partial charge < -0.3 is 13.9 Å². The Bertz CT molecular complexity index is 712. The van der Waals surface area contributed by atoms with E-state index >= 15 is 0 Å². The average molecular weight is 270 g/mol. The van der Waals surface area contributed by atoms with Gasteiger partial charge in [0.05, 0.1) is 25.0 Å². The molecule has 5 heteroatoms. The molecule has 5 nitrogen and oxygen atoms in total. The first-order chi connectivity index (χ1) is 9.93. The fraction of sp³-hybridized carbons (Fsp3) is 0.267. The number of H-pyrrole nitrogens is 1. The number of benzene rings is 1. The van der Waals surface area contributed by atoms with Gasteiger partial charge in [0.2, 0.25) is 0 Å². The van der Waals surface area contributed by atoms with Crippen molar-refractivity contribution in [3.63, 3.8) is 0 Å². The number of aromatic nitrogens is 2. The molecular weight excluding hydrogens is 256 g/mol. The molecule has 3 aromatic rings. The lowest BCUT2D eigenvalue weighted by atomic mass is 10.1. The Morgan fingerprint density at radius 3 is 2.80 bits per heavy atom. The van der Waals surface area contributed by atoms with E-state index in [0.717, 1.165) is 47.6 Å². The number of nitrogens with one attached hydrogen (secondary N) is 1. The van der Waals surface area contributed by atoms with Gasteiger partial charge in [-0.15, -0.1) is 0 Å². The van der Waals surface area contributed by atoms with Crippen molar-refractivity contribution in [2.45, 2.75) is 12.7 Å². The van der Waals surface area contributed by atoms with Crippen LogP contribution in [-0.2, 0) is 9.47 Å². The Morgan fingerprint density at radius 2 is 2.00 bits per heavy atom. The number of rotatable bonds is 2. The summed E-state index contributed by atoms with van der Waals surface area (Å²) in [5.74, 6) is 0.736. The standard InChI is InChI=1S/C15H14N2O3/c1-4-10(15-19-8-3-9-20-15)13-11(5-1)16-17-14(13)12-6-2-7-18-12/h1-2,4-7,15H,3,8-9H2,(H,16,17). The summed E-state index contributed by atoms with van der Waals surface area (Å²) in [6.07, 6.45) is 2.24. The highest BCUT2D eigenvalue weighted by Crippen LogP contribution is 2.35. The lowest BCUT2D eigenvalue weighted by Gasteiger charge is -2.24. The van der Waals surface area contributed by atoms with Crippen molar-refractivity contribution in [1.29, 1.82) is 0 Å². The molecule has 20 heavy (non-hydrogen) atoms. The molecule has 0 aliphatic carbocycles. The van der Waals surface area contributed by atoms with Crippen molar-refractivity contribution in [1.82, 2.24) is 10.2 Å². The van der Waals surface area contributed by atoms with Crippen LogP contribution in [0, 0.1) is 0 Å². The minimum absolute atomic E-state index is 0.334. The number of ether oxygens (including phenoxy) is 2. The van der Waals surface area contributed by atoms with Gasteiger partial charge in [-0.1, -0.05) is 12.1 Å². The van der Waals surface area contributed by atoms with Crippen LogP contribution >= 0.6 is 0 Å². The predicted octanol–water partition coefficient (Wildman–Crippen LogP) is 3.26. The number of fused-ring (bicyclic) bond motifs is 1. The molecule has 1 aliphatic heterocycles. The van der Waals surface area contributed by atoms with Crippen molar-refractivity contribution in [3.05, 3.63) is 42.2 Å². The summed E-state index contributed by atoms with van der Waals surface area (Å²) in [7, 11) is 0. The molecule has 0 radical (unpaired) electrons. The second kappa shape index (κ2) is 4.77. The molecule has 4 rings (SSSR count). The quantitative estimate of drug-likeness (QED) is 0.776. The number of hydrogen-bond acceptors (Lipinski definition) is 4. The topological polar surface area (TPSA) is 60.3 Å². The van der Waals surface area contributed by atoms with E-state index in [1.54, 1.807) is 6.26 Å². The van der Waals surface area contributed by atoms with Crippen LogP contribution in [0.2, 0.25) is 0 Å². The van der Waals surface area contributed by atoms with Gasteiger partial charge in [-0.2, -0.15) is 5.10 Å². The van der Waals surface area contributed by atoms with Gasteiger partial charge in [0, 0.05) is 10.9 Å². The molecule has 1 saturated heterocycles. The number of furan rings is 1. The van der Waals surface area contributed by atoms with Gasteiger partial charge >= 0.3 is 0 Å². The van der Waals surface area contributed by atoms with Crippen molar-refractivity contribution >= 4 is 10.9 Å². The van der Waals surface area contributed by atoms with E-state index in [2.05, 4.69) is 10.2 Å². The van der Waals surface area contributed by atoms with E-state index in [1.165, 1.54) is 0 Å². The lowest BCUT2D eigenvalue weighted by Crippen LogP contribution is -2.17. The molecule has 0 atom stereocenters. The van der Waals surface area contributed by atoms with E-state index in [1.807, 2.05) is 30.3 Å². The maximum atomic E-state index is 5.72. The molecule has 1 aromatic carbocycles. The van der Waals surface area contributed by atoms with Crippen molar-refractivity contribution in [3.8, 4) is 11.5 Å². The van der Waals surface area contributed by atoms with Crippen LogP contribution in [-0.4, -0.2) is 23.4 Å². The molecule has 0 unspecified atom stereocenters. The van der Waals surface area contributed by atoms with Crippen molar-refractivity contribution < 1.29 is 13.9 Å². The molecule has 102 valence electrons. The van der Waals surface area contributed by atoms with E-state index in [4.69, 9.17) is 13.9 Å². The fourth-order valence-electron chi connectivity index (χ4n) is 2.56. The highest BCUT2D eigenvalue weighted by atomic mass is 16.7. The predicted molar refractivity (Wildman–Crippen MR) is 73.1 cm³/mol. The minimum atomic E-state index is -0.334. The van der Waals surface area contributed by atoms with Gasteiger partial charge in [0.15, 0.2) is 12.1 Å². The third-order valence-electron chi connectivity index (χ3n) is 3.46. The largest absolute Gasteiger partial charge is 0.463 e. The summed E-state index contributed by atoms with van der Waals surface area (Å²) in [4.78, 5) is 0. The van der Waals surface area contributed by atoms with Crippen molar-refractivity contribution in [2.75, 3.05) is 13.2 Å². The van der Waals surface area contributed by atoms with Gasteiger partial charge in [0.25, 0.3) is 0 Å². The zero-order valence-corrected chi connectivity index (χ0v) is 10.8.